The zero-order valence-electron chi connectivity index (χ0n) is 17.6. The summed E-state index contributed by atoms with van der Waals surface area (Å²) in [6, 6.07) is 8.47. The Morgan fingerprint density at radius 1 is 1.12 bits per heavy atom. The molecule has 0 unspecified atom stereocenters. The Morgan fingerprint density at radius 3 is 2.52 bits per heavy atom. The van der Waals surface area contributed by atoms with Crippen molar-refractivity contribution in [2.75, 3.05) is 0 Å². The molecule has 0 saturated heterocycles. The van der Waals surface area contributed by atoms with Crippen LogP contribution in [-0.4, -0.2) is 23.7 Å². The number of benzene rings is 1. The van der Waals surface area contributed by atoms with Gasteiger partial charge in [0.15, 0.2) is 0 Å². The van der Waals surface area contributed by atoms with Crippen molar-refractivity contribution in [2.45, 2.75) is 37.3 Å². The third-order valence-electron chi connectivity index (χ3n) is 7.17. The minimum atomic E-state index is -4.59. The lowest BCUT2D eigenvalue weighted by atomic mass is 9.56. The number of halogens is 4. The van der Waals surface area contributed by atoms with Crippen LogP contribution in [0.2, 0.25) is 0 Å². The molecule has 3 heterocycles. The molecule has 2 fully saturated rings. The van der Waals surface area contributed by atoms with Crippen molar-refractivity contribution in [1.82, 2.24) is 23.7 Å². The molecule has 33 heavy (non-hydrogen) atoms. The number of alkyl halides is 3. The standard InChI is InChI=1S/C23H19BrF3N5O/c1-30-13-28-29-19(30)22(11-21(12-22)5-6-21)14-3-2-4-16(7-14)31-10-18-17(23(25,26)27)8-15(24)9-32(18)20(31)33/h2-4,7-10,13H,5-6,11-12H2,1H3. The average Bonchev–Trinajstić information content (AvgIpc) is 3.31. The molecule has 0 atom stereocenters. The number of nitrogens with zero attached hydrogens (tertiary/aromatic N) is 5. The summed E-state index contributed by atoms with van der Waals surface area (Å²) in [6.45, 7) is 0. The summed E-state index contributed by atoms with van der Waals surface area (Å²) in [5, 5.41) is 8.46. The maximum absolute atomic E-state index is 13.6. The van der Waals surface area contributed by atoms with Gasteiger partial charge in [0.25, 0.3) is 0 Å². The molecule has 1 spiro atoms. The quantitative estimate of drug-likeness (QED) is 0.390. The molecule has 4 aromatic rings. The highest BCUT2D eigenvalue weighted by molar-refractivity contribution is 9.10. The largest absolute Gasteiger partial charge is 0.418 e. The van der Waals surface area contributed by atoms with E-state index in [9.17, 15) is 18.0 Å². The van der Waals surface area contributed by atoms with Crippen molar-refractivity contribution < 1.29 is 13.2 Å². The summed E-state index contributed by atoms with van der Waals surface area (Å²) in [4.78, 5) is 13.1. The predicted octanol–water partition coefficient (Wildman–Crippen LogP) is 4.86. The molecular formula is C23H19BrF3N5O. The fourth-order valence-electron chi connectivity index (χ4n) is 5.49. The van der Waals surface area contributed by atoms with Crippen molar-refractivity contribution >= 4 is 21.4 Å². The lowest BCUT2D eigenvalue weighted by Gasteiger charge is -2.48. The molecule has 10 heteroatoms. The SMILES string of the molecule is Cn1cnnc1C1(c2cccc(-n3cc4c(C(F)(F)F)cc(Br)cn4c3=O)c2)CC2(CC2)C1. The highest BCUT2D eigenvalue weighted by atomic mass is 79.9. The maximum Gasteiger partial charge on any atom is 0.418 e. The van der Waals surface area contributed by atoms with E-state index < -0.39 is 17.4 Å². The van der Waals surface area contributed by atoms with E-state index in [-0.39, 0.29) is 15.4 Å². The Kier molecular flexibility index (Phi) is 4.13. The van der Waals surface area contributed by atoms with Crippen LogP contribution in [0.15, 0.2) is 58.3 Å². The molecule has 2 aliphatic rings. The lowest BCUT2D eigenvalue weighted by Crippen LogP contribution is -2.45. The first-order valence-corrected chi connectivity index (χ1v) is 11.4. The smallest absolute Gasteiger partial charge is 0.320 e. The van der Waals surface area contributed by atoms with Crippen molar-refractivity contribution in [3.8, 4) is 5.69 Å². The molecule has 0 radical (unpaired) electrons. The summed E-state index contributed by atoms with van der Waals surface area (Å²) in [7, 11) is 1.92. The molecule has 2 aliphatic carbocycles. The van der Waals surface area contributed by atoms with Gasteiger partial charge >= 0.3 is 11.9 Å². The Bertz CT molecular complexity index is 1470. The number of aromatic nitrogens is 5. The second kappa shape index (κ2) is 6.59. The van der Waals surface area contributed by atoms with E-state index in [4.69, 9.17) is 0 Å². The maximum atomic E-state index is 13.6. The van der Waals surface area contributed by atoms with E-state index in [2.05, 4.69) is 26.1 Å². The lowest BCUT2D eigenvalue weighted by molar-refractivity contribution is -0.136. The van der Waals surface area contributed by atoms with E-state index in [1.165, 1.54) is 29.8 Å². The normalized spacial score (nSPS) is 18.6. The topological polar surface area (TPSA) is 57.1 Å². The van der Waals surface area contributed by atoms with E-state index in [0.717, 1.165) is 34.7 Å². The third kappa shape index (κ3) is 3.03. The predicted molar refractivity (Wildman–Crippen MR) is 118 cm³/mol. The van der Waals surface area contributed by atoms with Crippen molar-refractivity contribution in [1.29, 1.82) is 0 Å². The molecule has 0 aliphatic heterocycles. The molecule has 3 aromatic heterocycles. The summed E-state index contributed by atoms with van der Waals surface area (Å²) < 4.78 is 45.3. The molecule has 1 aromatic carbocycles. The molecule has 0 amide bonds. The first kappa shape index (κ1) is 20.7. The van der Waals surface area contributed by atoms with E-state index in [1.54, 1.807) is 12.4 Å². The fraction of sp³-hybridized carbons (Fsp3) is 0.348. The van der Waals surface area contributed by atoms with Gasteiger partial charge in [-0.1, -0.05) is 12.1 Å². The van der Waals surface area contributed by atoms with Crippen LogP contribution in [0.3, 0.4) is 0 Å². The highest BCUT2D eigenvalue weighted by Crippen LogP contribution is 2.70. The molecule has 6 nitrogen and oxygen atoms in total. The molecule has 0 N–H and O–H groups in total. The monoisotopic (exact) mass is 517 g/mol. The van der Waals surface area contributed by atoms with Crippen LogP contribution in [0.1, 0.15) is 42.6 Å². The van der Waals surface area contributed by atoms with Gasteiger partial charge in [-0.2, -0.15) is 13.2 Å². The van der Waals surface area contributed by atoms with E-state index >= 15 is 0 Å². The first-order chi connectivity index (χ1) is 15.6. The summed E-state index contributed by atoms with van der Waals surface area (Å²) in [5.74, 6) is 0.870. The second-order valence-electron chi connectivity index (χ2n) is 9.36. The summed E-state index contributed by atoms with van der Waals surface area (Å²) in [5.41, 5.74) is -0.0671. The Morgan fingerprint density at radius 2 is 1.88 bits per heavy atom. The van der Waals surface area contributed by atoms with Crippen LogP contribution in [0, 0.1) is 5.41 Å². The highest BCUT2D eigenvalue weighted by Gasteiger charge is 2.63. The number of rotatable bonds is 3. The average molecular weight is 518 g/mol. The van der Waals surface area contributed by atoms with Gasteiger partial charge in [-0.05, 0) is 70.8 Å². The fourth-order valence-corrected chi connectivity index (χ4v) is 5.92. The minimum Gasteiger partial charge on any atom is -0.320 e. The van der Waals surface area contributed by atoms with Gasteiger partial charge in [0.2, 0.25) is 0 Å². The minimum absolute atomic E-state index is 0.182. The summed E-state index contributed by atoms with van der Waals surface area (Å²) >= 11 is 3.09. The molecule has 170 valence electrons. The van der Waals surface area contributed by atoms with Crippen LogP contribution >= 0.6 is 15.9 Å². The number of hydrogen-bond acceptors (Lipinski definition) is 3. The van der Waals surface area contributed by atoms with Crippen LogP contribution in [0.5, 0.6) is 0 Å². The van der Waals surface area contributed by atoms with Gasteiger partial charge in [-0.3, -0.25) is 8.97 Å². The number of imidazole rings is 1. The van der Waals surface area contributed by atoms with Crippen molar-refractivity contribution in [3.63, 3.8) is 0 Å². The number of pyridine rings is 1. The third-order valence-corrected chi connectivity index (χ3v) is 7.60. The van der Waals surface area contributed by atoms with Gasteiger partial charge in [0.1, 0.15) is 12.2 Å². The van der Waals surface area contributed by atoms with E-state index in [0.29, 0.717) is 11.1 Å². The molecular weight excluding hydrogens is 499 g/mol. The molecule has 2 saturated carbocycles. The molecule has 6 rings (SSSR count). The van der Waals surface area contributed by atoms with Gasteiger partial charge in [0, 0.05) is 23.9 Å². The Labute approximate surface area is 194 Å². The van der Waals surface area contributed by atoms with Gasteiger partial charge in [0.05, 0.1) is 22.2 Å². The Hall–Kier alpha value is -2.88. The van der Waals surface area contributed by atoms with Crippen LogP contribution < -0.4 is 5.69 Å². The van der Waals surface area contributed by atoms with Crippen LogP contribution in [-0.2, 0) is 18.6 Å². The number of fused-ring (bicyclic) bond motifs is 1. The van der Waals surface area contributed by atoms with Crippen LogP contribution in [0.25, 0.3) is 11.2 Å². The molecule has 0 bridgehead atoms. The van der Waals surface area contributed by atoms with Crippen LogP contribution in [0.4, 0.5) is 13.2 Å². The van der Waals surface area contributed by atoms with Crippen molar-refractivity contribution in [2.24, 2.45) is 12.5 Å². The zero-order valence-corrected chi connectivity index (χ0v) is 19.2. The van der Waals surface area contributed by atoms with Crippen molar-refractivity contribution in [3.05, 3.63) is 81.0 Å². The van der Waals surface area contributed by atoms with Gasteiger partial charge in [-0.15, -0.1) is 10.2 Å². The Balaban J connectivity index is 1.51. The number of hydrogen-bond donors (Lipinski definition) is 0. The second-order valence-corrected chi connectivity index (χ2v) is 10.3. The number of aryl methyl sites for hydroxylation is 1. The summed E-state index contributed by atoms with van der Waals surface area (Å²) in [6.07, 6.45) is 4.01. The van der Waals surface area contributed by atoms with Gasteiger partial charge in [-0.25, -0.2) is 4.79 Å². The van der Waals surface area contributed by atoms with E-state index in [1.807, 2.05) is 29.8 Å². The van der Waals surface area contributed by atoms with Gasteiger partial charge < -0.3 is 4.57 Å². The first-order valence-electron chi connectivity index (χ1n) is 10.6. The zero-order chi connectivity index (χ0) is 23.2.